The molecule has 0 aliphatic carbocycles. The highest BCUT2D eigenvalue weighted by Crippen LogP contribution is 2.39. The molecule has 2 aromatic carbocycles. The Morgan fingerprint density at radius 1 is 1.24 bits per heavy atom. The summed E-state index contributed by atoms with van der Waals surface area (Å²) in [5.41, 5.74) is 4.28. The molecular weight excluding hydrogens is 488 g/mol. The zero-order valence-corrected chi connectivity index (χ0v) is 21.9. The lowest BCUT2D eigenvalue weighted by Crippen LogP contribution is -2.49. The number of halogens is 1. The van der Waals surface area contributed by atoms with Gasteiger partial charge in [-0.15, -0.1) is 0 Å². The molecule has 5 rings (SSSR count). The SMILES string of the molecule is COC(=O)c1ccc2c(c1)/C(=C/CCN1CCC(O)(c3ccc(Cl)cc3)C(C)C1)c1cccnc1CO2. The number of hydrogen-bond acceptors (Lipinski definition) is 6. The number of aliphatic hydroxyl groups is 1. The standard InChI is InChI=1S/C30H31ClN2O4/c1-20-18-33(16-13-30(20,35)22-8-10-23(31)11-9-22)15-4-6-24-25-5-3-14-32-27(25)19-37-28-12-7-21(17-26(24)28)29(34)36-2/h3,5-12,14,17,20,35H,4,13,15-16,18-19H2,1-2H3/b24-6+. The number of piperidine rings is 1. The third kappa shape index (κ3) is 5.14. The largest absolute Gasteiger partial charge is 0.487 e. The third-order valence-electron chi connectivity index (χ3n) is 7.53. The van der Waals surface area contributed by atoms with Gasteiger partial charge < -0.3 is 19.5 Å². The number of methoxy groups -OCH3 is 1. The van der Waals surface area contributed by atoms with Crippen LogP contribution in [-0.2, 0) is 16.9 Å². The van der Waals surface area contributed by atoms with Crippen LogP contribution in [0, 0.1) is 5.92 Å². The van der Waals surface area contributed by atoms with Crippen molar-refractivity contribution >= 4 is 23.1 Å². The molecule has 0 amide bonds. The summed E-state index contributed by atoms with van der Waals surface area (Å²) in [6.07, 6.45) is 5.45. The van der Waals surface area contributed by atoms with E-state index in [1.807, 2.05) is 48.5 Å². The number of benzene rings is 2. The van der Waals surface area contributed by atoms with Crippen molar-refractivity contribution in [3.05, 3.63) is 99.8 Å². The second kappa shape index (κ2) is 10.7. The van der Waals surface area contributed by atoms with E-state index in [4.69, 9.17) is 21.1 Å². The smallest absolute Gasteiger partial charge is 0.337 e. The number of nitrogens with zero attached hydrogens (tertiary/aromatic N) is 2. The number of carbonyl (C=O) groups is 1. The molecule has 3 heterocycles. The van der Waals surface area contributed by atoms with Crippen LogP contribution < -0.4 is 4.74 Å². The first kappa shape index (κ1) is 25.5. The maximum atomic E-state index is 12.2. The maximum absolute atomic E-state index is 12.2. The molecule has 0 radical (unpaired) electrons. The van der Waals surface area contributed by atoms with Crippen LogP contribution in [0.4, 0.5) is 0 Å². The van der Waals surface area contributed by atoms with E-state index >= 15 is 0 Å². The summed E-state index contributed by atoms with van der Waals surface area (Å²) in [6.45, 7) is 4.93. The number of pyridine rings is 1. The van der Waals surface area contributed by atoms with Crippen LogP contribution in [0.2, 0.25) is 5.02 Å². The molecule has 2 aliphatic heterocycles. The molecule has 2 aliphatic rings. The average molecular weight is 519 g/mol. The van der Waals surface area contributed by atoms with Gasteiger partial charge in [-0.1, -0.05) is 42.8 Å². The minimum Gasteiger partial charge on any atom is -0.487 e. The lowest BCUT2D eigenvalue weighted by atomic mass is 9.77. The molecule has 2 unspecified atom stereocenters. The van der Waals surface area contributed by atoms with Crippen molar-refractivity contribution in [2.24, 2.45) is 5.92 Å². The van der Waals surface area contributed by atoms with E-state index in [0.29, 0.717) is 23.6 Å². The number of likely N-dealkylation sites (tertiary alicyclic amines) is 1. The molecule has 0 spiro atoms. The molecule has 1 fully saturated rings. The topological polar surface area (TPSA) is 71.9 Å². The van der Waals surface area contributed by atoms with Crippen LogP contribution >= 0.6 is 11.6 Å². The first-order valence-electron chi connectivity index (χ1n) is 12.6. The van der Waals surface area contributed by atoms with Crippen molar-refractivity contribution in [1.29, 1.82) is 0 Å². The van der Waals surface area contributed by atoms with Gasteiger partial charge in [0, 0.05) is 47.9 Å². The highest BCUT2D eigenvalue weighted by molar-refractivity contribution is 6.30. The van der Waals surface area contributed by atoms with E-state index in [1.54, 1.807) is 12.3 Å². The van der Waals surface area contributed by atoms with Crippen molar-refractivity contribution in [2.45, 2.75) is 32.0 Å². The summed E-state index contributed by atoms with van der Waals surface area (Å²) in [5, 5.41) is 12.1. The number of esters is 1. The summed E-state index contributed by atoms with van der Waals surface area (Å²) >= 11 is 6.05. The number of carbonyl (C=O) groups excluding carboxylic acids is 1. The van der Waals surface area contributed by atoms with Crippen LogP contribution in [-0.4, -0.2) is 47.7 Å². The van der Waals surface area contributed by atoms with E-state index in [9.17, 15) is 9.90 Å². The van der Waals surface area contributed by atoms with Crippen molar-refractivity contribution in [2.75, 3.05) is 26.7 Å². The van der Waals surface area contributed by atoms with Crippen molar-refractivity contribution < 1.29 is 19.4 Å². The fourth-order valence-electron chi connectivity index (χ4n) is 5.39. The Hall–Kier alpha value is -3.19. The van der Waals surface area contributed by atoms with Gasteiger partial charge in [-0.3, -0.25) is 4.98 Å². The molecule has 7 heteroatoms. The Morgan fingerprint density at radius 3 is 2.81 bits per heavy atom. The van der Waals surface area contributed by atoms with E-state index < -0.39 is 5.60 Å². The van der Waals surface area contributed by atoms with Crippen molar-refractivity contribution in [3.8, 4) is 5.75 Å². The van der Waals surface area contributed by atoms with E-state index in [1.165, 1.54) is 7.11 Å². The molecule has 1 aromatic heterocycles. The summed E-state index contributed by atoms with van der Waals surface area (Å²) in [4.78, 5) is 19.2. The highest BCUT2D eigenvalue weighted by atomic mass is 35.5. The molecule has 0 saturated carbocycles. The number of aromatic nitrogens is 1. The molecule has 1 saturated heterocycles. The molecule has 3 aromatic rings. The van der Waals surface area contributed by atoms with Crippen LogP contribution in [0.5, 0.6) is 5.75 Å². The molecule has 37 heavy (non-hydrogen) atoms. The number of hydrogen-bond donors (Lipinski definition) is 1. The second-order valence-electron chi connectivity index (χ2n) is 9.78. The predicted molar refractivity (Wildman–Crippen MR) is 144 cm³/mol. The van der Waals surface area contributed by atoms with E-state index in [2.05, 4.69) is 22.9 Å². The summed E-state index contributed by atoms with van der Waals surface area (Å²) in [6, 6.07) is 16.9. The number of ether oxygens (including phenoxy) is 2. The molecular formula is C30H31ClN2O4. The van der Waals surface area contributed by atoms with Gasteiger partial charge >= 0.3 is 5.97 Å². The fraction of sp³-hybridized carbons (Fsp3) is 0.333. The first-order chi connectivity index (χ1) is 17.9. The van der Waals surface area contributed by atoms with Crippen LogP contribution in [0.25, 0.3) is 5.57 Å². The minimum atomic E-state index is -0.855. The quantitative estimate of drug-likeness (QED) is 0.452. The van der Waals surface area contributed by atoms with Crippen LogP contribution in [0.15, 0.2) is 66.9 Å². The van der Waals surface area contributed by atoms with Crippen LogP contribution in [0.1, 0.15) is 52.5 Å². The van der Waals surface area contributed by atoms with Gasteiger partial charge in [0.2, 0.25) is 0 Å². The van der Waals surface area contributed by atoms with Crippen molar-refractivity contribution in [3.63, 3.8) is 0 Å². The zero-order chi connectivity index (χ0) is 26.0. The fourth-order valence-corrected chi connectivity index (χ4v) is 5.51. The normalized spacial score (nSPS) is 22.5. The van der Waals surface area contributed by atoms with Gasteiger partial charge in [0.15, 0.2) is 0 Å². The second-order valence-corrected chi connectivity index (χ2v) is 10.2. The van der Waals surface area contributed by atoms with Gasteiger partial charge in [-0.05, 0) is 60.4 Å². The zero-order valence-electron chi connectivity index (χ0n) is 21.1. The molecule has 1 N–H and O–H groups in total. The Balaban J connectivity index is 1.36. The van der Waals surface area contributed by atoms with Gasteiger partial charge in [-0.2, -0.15) is 0 Å². The van der Waals surface area contributed by atoms with Crippen molar-refractivity contribution in [1.82, 2.24) is 9.88 Å². The Labute approximate surface area is 222 Å². The van der Waals surface area contributed by atoms with E-state index in [-0.39, 0.29) is 11.9 Å². The summed E-state index contributed by atoms with van der Waals surface area (Å²) in [5.74, 6) is 0.416. The molecule has 2 atom stereocenters. The van der Waals surface area contributed by atoms with Gasteiger partial charge in [-0.25, -0.2) is 4.79 Å². The minimum absolute atomic E-state index is 0.0784. The Kier molecular flexibility index (Phi) is 7.33. The highest BCUT2D eigenvalue weighted by Gasteiger charge is 2.40. The predicted octanol–water partition coefficient (Wildman–Crippen LogP) is 5.47. The number of fused-ring (bicyclic) bond motifs is 2. The maximum Gasteiger partial charge on any atom is 0.337 e. The van der Waals surface area contributed by atoms with Crippen LogP contribution in [0.3, 0.4) is 0 Å². The summed E-state index contributed by atoms with van der Waals surface area (Å²) < 4.78 is 11.0. The Morgan fingerprint density at radius 2 is 2.05 bits per heavy atom. The number of rotatable bonds is 5. The van der Waals surface area contributed by atoms with Gasteiger partial charge in [0.1, 0.15) is 12.4 Å². The third-order valence-corrected chi connectivity index (χ3v) is 7.78. The van der Waals surface area contributed by atoms with Gasteiger partial charge in [0.05, 0.1) is 24.0 Å². The lowest BCUT2D eigenvalue weighted by molar-refractivity contribution is -0.0706. The average Bonchev–Trinajstić information content (AvgIpc) is 3.07. The summed E-state index contributed by atoms with van der Waals surface area (Å²) in [7, 11) is 1.38. The lowest BCUT2D eigenvalue weighted by Gasteiger charge is -2.43. The molecule has 6 nitrogen and oxygen atoms in total. The first-order valence-corrected chi connectivity index (χ1v) is 13.0. The molecule has 0 bridgehead atoms. The Bertz CT molecular complexity index is 1320. The monoisotopic (exact) mass is 518 g/mol. The van der Waals surface area contributed by atoms with Gasteiger partial charge in [0.25, 0.3) is 0 Å². The molecule has 192 valence electrons. The van der Waals surface area contributed by atoms with E-state index in [0.717, 1.165) is 59.8 Å².